The average molecular weight is 711 g/mol. The molecule has 19 nitrogen and oxygen atoms in total. The van der Waals surface area contributed by atoms with Gasteiger partial charge >= 0.3 is 13.6 Å². The van der Waals surface area contributed by atoms with Crippen molar-refractivity contribution in [1.29, 1.82) is 0 Å². The van der Waals surface area contributed by atoms with Crippen LogP contribution in [0.5, 0.6) is 0 Å². The number of anilines is 2. The molecule has 7 heterocycles. The summed E-state index contributed by atoms with van der Waals surface area (Å²) in [4.78, 5) is 34.5. The molecule has 3 saturated heterocycles. The van der Waals surface area contributed by atoms with Gasteiger partial charge in [-0.2, -0.15) is 4.98 Å². The summed E-state index contributed by atoms with van der Waals surface area (Å²) >= 11 is 7.94. The Hall–Kier alpha value is -2.72. The Bertz CT molecular complexity index is 1950. The first-order valence-corrected chi connectivity index (χ1v) is 18.3. The van der Waals surface area contributed by atoms with Gasteiger partial charge in [0.05, 0.1) is 25.9 Å². The van der Waals surface area contributed by atoms with E-state index in [9.17, 15) is 13.9 Å². The van der Waals surface area contributed by atoms with E-state index in [0.717, 1.165) is 17.2 Å². The highest BCUT2D eigenvalue weighted by atomic mass is 32.7. The summed E-state index contributed by atoms with van der Waals surface area (Å²) in [5.74, 6) is -0.234. The van der Waals surface area contributed by atoms with E-state index in [1.54, 1.807) is 0 Å². The first-order chi connectivity index (χ1) is 21.3. The molecule has 1 unspecified atom stereocenters. The third kappa shape index (κ3) is 5.53. The third-order valence-electron chi connectivity index (χ3n) is 7.23. The van der Waals surface area contributed by atoms with Gasteiger partial charge in [0.25, 0.3) is 5.56 Å². The van der Waals surface area contributed by atoms with E-state index in [2.05, 4.69) is 54.4 Å². The first-order valence-electron chi connectivity index (χ1n) is 12.9. The quantitative estimate of drug-likeness (QED) is 0.146. The highest BCUT2D eigenvalue weighted by Gasteiger charge is 2.54. The predicted octanol–water partition coefficient (Wildman–Crippen LogP) is 1.49. The summed E-state index contributed by atoms with van der Waals surface area (Å²) in [6.45, 7) is -10.4. The standard InChI is InChI=1S/C20H22F2N10O9P2S2/c21-8-6-1-36-42(34,44)40-12-7(39-18(9(12)22)32-5-28-11-16(32)29-20(24)30-17(11)33)2-37-43(35,45)41-13(8)19(38-6)31-4-27-10-14(23)25-3-26-15(10)31/h3-9,12-13,18-19H,1-2H2,(H,34,44)(H,35,45)(H2,23,25,26)(H3,24,29,30,33)/t6-,7?,8-,9-,12-,13-,18-,19-,42-,43-/m1/s1. The number of nitrogens with two attached hydrogens (primary N) is 2. The van der Waals surface area contributed by atoms with Gasteiger partial charge in [0, 0.05) is 0 Å². The summed E-state index contributed by atoms with van der Waals surface area (Å²) in [5.41, 5.74) is 10.8. The maximum atomic E-state index is 16.0. The number of thiol groups is 2. The Kier molecular flexibility index (Phi) is 7.70. The third-order valence-corrected chi connectivity index (χ3v) is 10.5. The Morgan fingerprint density at radius 2 is 1.47 bits per heavy atom. The molecule has 2 bridgehead atoms. The van der Waals surface area contributed by atoms with Crippen LogP contribution in [-0.2, 0) is 36.7 Å². The van der Waals surface area contributed by atoms with E-state index in [1.165, 1.54) is 10.9 Å². The van der Waals surface area contributed by atoms with Crippen molar-refractivity contribution >= 4 is 72.2 Å². The molecule has 0 radical (unpaired) electrons. The van der Waals surface area contributed by atoms with Crippen molar-refractivity contribution in [2.75, 3.05) is 24.7 Å². The fourth-order valence-corrected chi connectivity index (χ4v) is 8.17. The fraction of sp³-hybridized carbons (Fsp3) is 0.500. The number of nitrogens with one attached hydrogen (secondary N) is 1. The van der Waals surface area contributed by atoms with Crippen LogP contribution in [0.1, 0.15) is 12.5 Å². The maximum absolute atomic E-state index is 16.0. The van der Waals surface area contributed by atoms with Crippen LogP contribution in [0.25, 0.3) is 22.3 Å². The van der Waals surface area contributed by atoms with Gasteiger partial charge in [-0.25, -0.2) is 37.8 Å². The van der Waals surface area contributed by atoms with E-state index >= 15 is 8.78 Å². The topological polar surface area (TPSA) is 249 Å². The normalized spacial score (nSPS) is 37.7. The Balaban J connectivity index is 1.21. The molecule has 45 heavy (non-hydrogen) atoms. The minimum absolute atomic E-state index is 0.0368. The van der Waals surface area contributed by atoms with Crippen LogP contribution in [0, 0.1) is 0 Å². The zero-order chi connectivity index (χ0) is 31.8. The van der Waals surface area contributed by atoms with Gasteiger partial charge in [-0.3, -0.25) is 37.0 Å². The van der Waals surface area contributed by atoms with Crippen molar-refractivity contribution in [1.82, 2.24) is 39.0 Å². The number of aromatic nitrogens is 8. The summed E-state index contributed by atoms with van der Waals surface area (Å²) in [5, 5.41) is 0. The molecule has 0 spiro atoms. The van der Waals surface area contributed by atoms with Crippen LogP contribution in [-0.4, -0.2) is 89.0 Å². The highest BCUT2D eigenvalue weighted by Crippen LogP contribution is 2.60. The van der Waals surface area contributed by atoms with Crippen molar-refractivity contribution in [2.45, 2.75) is 49.2 Å². The number of nitrogen functional groups attached to an aromatic ring is 2. The van der Waals surface area contributed by atoms with Gasteiger partial charge in [0.2, 0.25) is 5.95 Å². The molecule has 0 saturated carbocycles. The minimum atomic E-state index is -4.48. The second kappa shape index (κ2) is 11.2. The molecule has 4 aromatic heterocycles. The first kappa shape index (κ1) is 30.9. The molecule has 3 aliphatic heterocycles. The molecule has 242 valence electrons. The van der Waals surface area contributed by atoms with Crippen molar-refractivity contribution in [3.63, 3.8) is 0 Å². The number of hydrogen-bond donors (Lipinski definition) is 5. The minimum Gasteiger partial charge on any atom is -0.382 e. The highest BCUT2D eigenvalue weighted by molar-refractivity contribution is 8.44. The lowest BCUT2D eigenvalue weighted by molar-refractivity contribution is -0.0563. The monoisotopic (exact) mass is 710 g/mol. The van der Waals surface area contributed by atoms with E-state index in [4.69, 9.17) is 39.0 Å². The van der Waals surface area contributed by atoms with Crippen molar-refractivity contribution < 1.29 is 45.5 Å². The molecule has 0 aromatic carbocycles. The molecule has 5 N–H and O–H groups in total. The van der Waals surface area contributed by atoms with Crippen LogP contribution in [0.4, 0.5) is 20.5 Å². The molecule has 3 aliphatic rings. The molecular formula is C20H22F2N10O9P2S2. The van der Waals surface area contributed by atoms with Gasteiger partial charge < -0.3 is 20.9 Å². The number of H-pyrrole nitrogens is 1. The van der Waals surface area contributed by atoms with Crippen LogP contribution < -0.4 is 17.0 Å². The maximum Gasteiger partial charge on any atom is 0.386 e. The zero-order valence-corrected chi connectivity index (χ0v) is 25.8. The SMILES string of the molecule is Nc1nc2c(ncn2[C@@H]2OC3CO[P@@](=O)(S)O[C@@H]4[C@H](F)[C@@H](CO[P@@](=O)(S)O[C@H]3[C@H]2F)O[C@H]4n2cnc3c(N)ncnc32)c(=O)[nH]1. The number of ether oxygens (including phenoxy) is 2. The van der Waals surface area contributed by atoms with Crippen LogP contribution >= 0.6 is 38.1 Å². The number of hydrogen-bond acceptors (Lipinski definition) is 16. The summed E-state index contributed by atoms with van der Waals surface area (Å²) in [7, 11) is 0. The van der Waals surface area contributed by atoms with Crippen LogP contribution in [0.2, 0.25) is 0 Å². The van der Waals surface area contributed by atoms with E-state index in [1.807, 2.05) is 0 Å². The van der Waals surface area contributed by atoms with Gasteiger partial charge in [-0.1, -0.05) is 24.5 Å². The van der Waals surface area contributed by atoms with Gasteiger partial charge in [-0.15, -0.1) is 0 Å². The molecule has 3 fully saturated rings. The number of fused-ring (bicyclic) bond motifs is 5. The zero-order valence-electron chi connectivity index (χ0n) is 22.3. The van der Waals surface area contributed by atoms with Crippen LogP contribution in [0.15, 0.2) is 23.8 Å². The average Bonchev–Trinajstić information content (AvgIpc) is 3.72. The second-order valence-corrected chi connectivity index (χ2v) is 15.8. The van der Waals surface area contributed by atoms with Gasteiger partial charge in [0.15, 0.2) is 47.4 Å². The summed E-state index contributed by atoms with van der Waals surface area (Å²) in [6.07, 6.45) is -9.99. The van der Waals surface area contributed by atoms with Gasteiger partial charge in [0.1, 0.15) is 36.3 Å². The van der Waals surface area contributed by atoms with Gasteiger partial charge in [-0.05, 0) is 0 Å². The van der Waals surface area contributed by atoms with Crippen molar-refractivity contribution in [3.05, 3.63) is 29.3 Å². The van der Waals surface area contributed by atoms with E-state index in [-0.39, 0.29) is 34.1 Å². The largest absolute Gasteiger partial charge is 0.386 e. The van der Waals surface area contributed by atoms with E-state index < -0.39 is 81.6 Å². The predicted molar refractivity (Wildman–Crippen MR) is 155 cm³/mol. The number of imidazole rings is 2. The van der Waals surface area contributed by atoms with Crippen LogP contribution in [0.3, 0.4) is 0 Å². The number of halogens is 2. The lowest BCUT2D eigenvalue weighted by Crippen LogP contribution is -2.33. The molecule has 4 aromatic rings. The number of alkyl halides is 2. The Morgan fingerprint density at radius 1 is 0.844 bits per heavy atom. The molecule has 0 aliphatic carbocycles. The number of rotatable bonds is 2. The lowest BCUT2D eigenvalue weighted by atomic mass is 10.1. The van der Waals surface area contributed by atoms with Crippen molar-refractivity contribution in [3.8, 4) is 0 Å². The second-order valence-electron chi connectivity index (χ2n) is 10.0. The molecule has 7 rings (SSSR count). The number of nitrogens with zero attached hydrogens (tertiary/aromatic N) is 7. The Morgan fingerprint density at radius 3 is 2.20 bits per heavy atom. The molecule has 25 heteroatoms. The number of aromatic amines is 1. The smallest absolute Gasteiger partial charge is 0.382 e. The Labute approximate surface area is 259 Å². The van der Waals surface area contributed by atoms with Crippen molar-refractivity contribution in [2.24, 2.45) is 0 Å². The summed E-state index contributed by atoms with van der Waals surface area (Å²) in [6, 6.07) is 0. The fourth-order valence-electron chi connectivity index (χ4n) is 5.23. The lowest BCUT2D eigenvalue weighted by Gasteiger charge is -2.26. The van der Waals surface area contributed by atoms with E-state index in [0.29, 0.717) is 0 Å². The molecule has 10 atom stereocenters. The summed E-state index contributed by atoms with van der Waals surface area (Å²) < 4.78 is 94.2. The molecule has 0 amide bonds. The molecular weight excluding hydrogens is 688 g/mol.